The molecule has 2 rings (SSSR count). The Balaban J connectivity index is 1.91. The lowest BCUT2D eigenvalue weighted by atomic mass is 10.1. The molecule has 0 aliphatic heterocycles. The summed E-state index contributed by atoms with van der Waals surface area (Å²) in [5.74, 6) is -2.35. The van der Waals surface area contributed by atoms with Crippen molar-refractivity contribution < 1.29 is 14.0 Å². The van der Waals surface area contributed by atoms with Gasteiger partial charge in [0.05, 0.1) is 5.69 Å². The van der Waals surface area contributed by atoms with Crippen LogP contribution in [0.4, 0.5) is 10.1 Å². The smallest absolute Gasteiger partial charge is 0.313 e. The SMILES string of the molecule is NCc1cccc(CNC(=O)C(=O)Nc2ccccc2F)c1. The molecule has 0 heterocycles. The number of rotatable bonds is 4. The molecule has 2 aromatic carbocycles. The molecule has 0 aromatic heterocycles. The Labute approximate surface area is 127 Å². The van der Waals surface area contributed by atoms with Crippen molar-refractivity contribution in [2.75, 3.05) is 5.32 Å². The Morgan fingerprint density at radius 2 is 1.73 bits per heavy atom. The fraction of sp³-hybridized carbons (Fsp3) is 0.125. The summed E-state index contributed by atoms with van der Waals surface area (Å²) in [4.78, 5) is 23.4. The van der Waals surface area contributed by atoms with Crippen molar-refractivity contribution in [3.8, 4) is 0 Å². The fourth-order valence-corrected chi connectivity index (χ4v) is 1.87. The molecule has 0 radical (unpaired) electrons. The van der Waals surface area contributed by atoms with Gasteiger partial charge in [-0.15, -0.1) is 0 Å². The first-order valence-electron chi connectivity index (χ1n) is 6.71. The van der Waals surface area contributed by atoms with Gasteiger partial charge in [0.2, 0.25) is 0 Å². The van der Waals surface area contributed by atoms with Crippen LogP contribution >= 0.6 is 0 Å². The minimum Gasteiger partial charge on any atom is -0.344 e. The minimum atomic E-state index is -0.917. The van der Waals surface area contributed by atoms with Crippen LogP contribution < -0.4 is 16.4 Å². The number of nitrogens with one attached hydrogen (secondary N) is 2. The van der Waals surface area contributed by atoms with Crippen molar-refractivity contribution in [1.29, 1.82) is 0 Å². The van der Waals surface area contributed by atoms with E-state index in [-0.39, 0.29) is 12.2 Å². The lowest BCUT2D eigenvalue weighted by molar-refractivity contribution is -0.136. The quantitative estimate of drug-likeness (QED) is 0.749. The van der Waals surface area contributed by atoms with Crippen LogP contribution in [0.5, 0.6) is 0 Å². The first-order valence-corrected chi connectivity index (χ1v) is 6.71. The largest absolute Gasteiger partial charge is 0.344 e. The molecule has 2 aromatic rings. The predicted molar refractivity (Wildman–Crippen MR) is 81.2 cm³/mol. The number of amides is 2. The fourth-order valence-electron chi connectivity index (χ4n) is 1.87. The third-order valence-electron chi connectivity index (χ3n) is 3.01. The number of benzene rings is 2. The second-order valence-electron chi connectivity index (χ2n) is 4.64. The van der Waals surface area contributed by atoms with E-state index in [2.05, 4.69) is 10.6 Å². The van der Waals surface area contributed by atoms with Gasteiger partial charge >= 0.3 is 11.8 Å². The van der Waals surface area contributed by atoms with Crippen molar-refractivity contribution in [3.05, 3.63) is 65.5 Å². The highest BCUT2D eigenvalue weighted by Gasteiger charge is 2.14. The lowest BCUT2D eigenvalue weighted by Crippen LogP contribution is -2.35. The van der Waals surface area contributed by atoms with Crippen LogP contribution in [0.1, 0.15) is 11.1 Å². The molecular formula is C16H16FN3O2. The number of carbonyl (C=O) groups is 2. The summed E-state index contributed by atoms with van der Waals surface area (Å²) in [6.07, 6.45) is 0. The molecular weight excluding hydrogens is 285 g/mol. The van der Waals surface area contributed by atoms with Gasteiger partial charge in [0.1, 0.15) is 5.82 Å². The van der Waals surface area contributed by atoms with Crippen molar-refractivity contribution in [2.45, 2.75) is 13.1 Å². The minimum absolute atomic E-state index is 0.0345. The van der Waals surface area contributed by atoms with Crippen molar-refractivity contribution in [2.24, 2.45) is 5.73 Å². The highest BCUT2D eigenvalue weighted by atomic mass is 19.1. The van der Waals surface area contributed by atoms with Crippen LogP contribution in [-0.4, -0.2) is 11.8 Å². The first kappa shape index (κ1) is 15.7. The van der Waals surface area contributed by atoms with Crippen molar-refractivity contribution in [1.82, 2.24) is 5.32 Å². The number of halogens is 1. The number of hydrogen-bond donors (Lipinski definition) is 3. The van der Waals surface area contributed by atoms with Gasteiger partial charge in [-0.2, -0.15) is 0 Å². The summed E-state index contributed by atoms with van der Waals surface area (Å²) < 4.78 is 13.4. The normalized spacial score (nSPS) is 10.1. The molecule has 0 spiro atoms. The Kier molecular flexibility index (Phi) is 5.21. The third-order valence-corrected chi connectivity index (χ3v) is 3.01. The summed E-state index contributed by atoms with van der Waals surface area (Å²) in [7, 11) is 0. The van der Waals surface area contributed by atoms with E-state index < -0.39 is 17.6 Å². The molecule has 0 saturated heterocycles. The second kappa shape index (κ2) is 7.33. The molecule has 0 aliphatic rings. The van der Waals surface area contributed by atoms with Gasteiger partial charge < -0.3 is 16.4 Å². The average molecular weight is 301 g/mol. The third kappa shape index (κ3) is 4.13. The topological polar surface area (TPSA) is 84.2 Å². The first-order chi connectivity index (χ1) is 10.6. The number of carbonyl (C=O) groups excluding carboxylic acids is 2. The van der Waals surface area contributed by atoms with Gasteiger partial charge in [0.15, 0.2) is 0 Å². The maximum absolute atomic E-state index is 13.4. The Morgan fingerprint density at radius 1 is 1.00 bits per heavy atom. The molecule has 0 unspecified atom stereocenters. The molecule has 22 heavy (non-hydrogen) atoms. The van der Waals surface area contributed by atoms with E-state index in [1.807, 2.05) is 24.3 Å². The highest BCUT2D eigenvalue weighted by Crippen LogP contribution is 2.12. The molecule has 6 heteroatoms. The summed E-state index contributed by atoms with van der Waals surface area (Å²) in [5.41, 5.74) is 7.26. The van der Waals surface area contributed by atoms with Crippen LogP contribution in [0.25, 0.3) is 0 Å². The van der Waals surface area contributed by atoms with E-state index in [9.17, 15) is 14.0 Å². The van der Waals surface area contributed by atoms with Gasteiger partial charge in [0.25, 0.3) is 0 Å². The van der Waals surface area contributed by atoms with E-state index in [1.165, 1.54) is 18.2 Å². The van der Waals surface area contributed by atoms with Gasteiger partial charge in [-0.05, 0) is 23.3 Å². The molecule has 0 saturated carbocycles. The monoisotopic (exact) mass is 301 g/mol. The number of hydrogen-bond acceptors (Lipinski definition) is 3. The van der Waals surface area contributed by atoms with Crippen LogP contribution in [-0.2, 0) is 22.7 Å². The van der Waals surface area contributed by atoms with Gasteiger partial charge in [-0.25, -0.2) is 4.39 Å². The summed E-state index contributed by atoms with van der Waals surface area (Å²) in [6.45, 7) is 0.590. The Morgan fingerprint density at radius 3 is 2.45 bits per heavy atom. The molecule has 114 valence electrons. The molecule has 0 atom stereocenters. The summed E-state index contributed by atoms with van der Waals surface area (Å²) >= 11 is 0. The van der Waals surface area contributed by atoms with E-state index >= 15 is 0 Å². The van der Waals surface area contributed by atoms with Gasteiger partial charge in [0, 0.05) is 13.1 Å². The van der Waals surface area contributed by atoms with Crippen LogP contribution in [0.2, 0.25) is 0 Å². The predicted octanol–water partition coefficient (Wildman–Crippen LogP) is 1.54. The zero-order valence-corrected chi connectivity index (χ0v) is 11.8. The van der Waals surface area contributed by atoms with E-state index in [1.54, 1.807) is 6.07 Å². The van der Waals surface area contributed by atoms with Gasteiger partial charge in [-0.3, -0.25) is 9.59 Å². The molecule has 0 aliphatic carbocycles. The Hall–Kier alpha value is -2.73. The second-order valence-corrected chi connectivity index (χ2v) is 4.64. The molecule has 2 amide bonds. The maximum atomic E-state index is 13.4. The lowest BCUT2D eigenvalue weighted by Gasteiger charge is -2.08. The Bertz CT molecular complexity index is 689. The van der Waals surface area contributed by atoms with Crippen LogP contribution in [0, 0.1) is 5.82 Å². The van der Waals surface area contributed by atoms with Crippen LogP contribution in [0.3, 0.4) is 0 Å². The average Bonchev–Trinajstić information content (AvgIpc) is 2.54. The van der Waals surface area contributed by atoms with E-state index in [4.69, 9.17) is 5.73 Å². The summed E-state index contributed by atoms with van der Waals surface area (Å²) in [5, 5.41) is 4.70. The number of para-hydroxylation sites is 1. The molecule has 4 N–H and O–H groups in total. The standard InChI is InChI=1S/C16H16FN3O2/c17-13-6-1-2-7-14(13)20-16(22)15(21)19-10-12-5-3-4-11(8-12)9-18/h1-8H,9-10,18H2,(H,19,21)(H,20,22). The zero-order valence-electron chi connectivity index (χ0n) is 11.8. The van der Waals surface area contributed by atoms with E-state index in [0.717, 1.165) is 11.1 Å². The molecule has 0 bridgehead atoms. The maximum Gasteiger partial charge on any atom is 0.313 e. The molecule has 5 nitrogen and oxygen atoms in total. The summed E-state index contributed by atoms with van der Waals surface area (Å²) in [6, 6.07) is 13.0. The van der Waals surface area contributed by atoms with E-state index in [0.29, 0.717) is 6.54 Å². The van der Waals surface area contributed by atoms with Gasteiger partial charge in [-0.1, -0.05) is 36.4 Å². The van der Waals surface area contributed by atoms with Crippen LogP contribution in [0.15, 0.2) is 48.5 Å². The number of nitrogens with two attached hydrogens (primary N) is 1. The molecule has 0 fully saturated rings. The van der Waals surface area contributed by atoms with Crippen molar-refractivity contribution in [3.63, 3.8) is 0 Å². The number of anilines is 1. The highest BCUT2D eigenvalue weighted by molar-refractivity contribution is 6.39. The van der Waals surface area contributed by atoms with Crippen molar-refractivity contribution >= 4 is 17.5 Å². The zero-order chi connectivity index (χ0) is 15.9.